The second kappa shape index (κ2) is 2.08. The van der Waals surface area contributed by atoms with Gasteiger partial charge in [0.1, 0.15) is 11.7 Å². The first-order valence-corrected chi connectivity index (χ1v) is 3.22. The Hall–Kier alpha value is -0.860. The molecule has 1 saturated carbocycles. The second-order valence-corrected chi connectivity index (χ2v) is 2.75. The van der Waals surface area contributed by atoms with Gasteiger partial charge in [0.15, 0.2) is 0 Å². The van der Waals surface area contributed by atoms with Gasteiger partial charge in [-0.25, -0.2) is 0 Å². The molecule has 0 heterocycles. The SMILES string of the molecule is COC(=O)[C@]1(C=O)C[C@@H]1C. The van der Waals surface area contributed by atoms with Crippen LogP contribution in [0.15, 0.2) is 0 Å². The molecule has 0 amide bonds. The average Bonchev–Trinajstić information content (AvgIpc) is 2.61. The Morgan fingerprint density at radius 2 is 2.30 bits per heavy atom. The van der Waals surface area contributed by atoms with Crippen LogP contribution in [0.5, 0.6) is 0 Å². The van der Waals surface area contributed by atoms with Gasteiger partial charge < -0.3 is 9.53 Å². The van der Waals surface area contributed by atoms with Crippen molar-refractivity contribution in [3.63, 3.8) is 0 Å². The summed E-state index contributed by atoms with van der Waals surface area (Å²) in [4.78, 5) is 21.3. The Balaban J connectivity index is 2.68. The number of carbonyl (C=O) groups excluding carboxylic acids is 2. The summed E-state index contributed by atoms with van der Waals surface area (Å²) in [6.07, 6.45) is 1.34. The summed E-state index contributed by atoms with van der Waals surface area (Å²) in [7, 11) is 1.30. The van der Waals surface area contributed by atoms with E-state index in [2.05, 4.69) is 4.74 Å². The van der Waals surface area contributed by atoms with Crippen LogP contribution in [-0.4, -0.2) is 19.4 Å². The lowest BCUT2D eigenvalue weighted by atomic mass is 10.1. The van der Waals surface area contributed by atoms with Crippen LogP contribution in [-0.2, 0) is 14.3 Å². The zero-order valence-electron chi connectivity index (χ0n) is 6.09. The second-order valence-electron chi connectivity index (χ2n) is 2.75. The molecule has 0 unspecified atom stereocenters. The van der Waals surface area contributed by atoms with Crippen molar-refractivity contribution in [2.75, 3.05) is 7.11 Å². The summed E-state index contributed by atoms with van der Waals surface area (Å²) >= 11 is 0. The first-order valence-electron chi connectivity index (χ1n) is 3.22. The fraction of sp³-hybridized carbons (Fsp3) is 0.714. The van der Waals surface area contributed by atoms with E-state index in [1.54, 1.807) is 0 Å². The normalized spacial score (nSPS) is 36.8. The molecule has 2 atom stereocenters. The predicted molar refractivity (Wildman–Crippen MR) is 34.3 cm³/mol. The highest BCUT2D eigenvalue weighted by atomic mass is 16.5. The van der Waals surface area contributed by atoms with Gasteiger partial charge in [-0.15, -0.1) is 0 Å². The monoisotopic (exact) mass is 142 g/mol. The van der Waals surface area contributed by atoms with Crippen molar-refractivity contribution in [1.82, 2.24) is 0 Å². The highest BCUT2D eigenvalue weighted by molar-refractivity contribution is 5.97. The lowest BCUT2D eigenvalue weighted by molar-refractivity contribution is -0.149. The quantitative estimate of drug-likeness (QED) is 0.318. The minimum absolute atomic E-state index is 0.164. The van der Waals surface area contributed by atoms with E-state index in [1.165, 1.54) is 7.11 Å². The molecule has 0 spiro atoms. The molecule has 56 valence electrons. The Morgan fingerprint density at radius 1 is 1.80 bits per heavy atom. The first kappa shape index (κ1) is 7.25. The fourth-order valence-corrected chi connectivity index (χ4v) is 1.13. The molecule has 0 radical (unpaired) electrons. The van der Waals surface area contributed by atoms with Crippen molar-refractivity contribution in [2.24, 2.45) is 11.3 Å². The Kier molecular flexibility index (Phi) is 1.50. The number of ether oxygens (including phenoxy) is 1. The largest absolute Gasteiger partial charge is 0.468 e. The Morgan fingerprint density at radius 3 is 2.40 bits per heavy atom. The van der Waals surface area contributed by atoms with Crippen LogP contribution in [0.4, 0.5) is 0 Å². The van der Waals surface area contributed by atoms with E-state index in [0.29, 0.717) is 12.7 Å². The number of carbonyl (C=O) groups is 2. The van der Waals surface area contributed by atoms with E-state index in [1.807, 2.05) is 6.92 Å². The van der Waals surface area contributed by atoms with Crippen LogP contribution in [0, 0.1) is 11.3 Å². The van der Waals surface area contributed by atoms with Crippen LogP contribution in [0.2, 0.25) is 0 Å². The highest BCUT2D eigenvalue weighted by Crippen LogP contribution is 2.51. The van der Waals surface area contributed by atoms with Gasteiger partial charge in [-0.2, -0.15) is 0 Å². The highest BCUT2D eigenvalue weighted by Gasteiger charge is 2.58. The van der Waals surface area contributed by atoms with E-state index < -0.39 is 11.4 Å². The third-order valence-electron chi connectivity index (χ3n) is 2.14. The van der Waals surface area contributed by atoms with E-state index >= 15 is 0 Å². The molecule has 0 N–H and O–H groups in total. The van der Waals surface area contributed by atoms with Crippen molar-refractivity contribution < 1.29 is 14.3 Å². The summed E-state index contributed by atoms with van der Waals surface area (Å²) in [6.45, 7) is 1.87. The van der Waals surface area contributed by atoms with Crippen LogP contribution >= 0.6 is 0 Å². The summed E-state index contributed by atoms with van der Waals surface area (Å²) < 4.78 is 4.47. The number of rotatable bonds is 2. The van der Waals surface area contributed by atoms with E-state index in [0.717, 1.165) is 0 Å². The molecule has 1 rings (SSSR count). The average molecular weight is 142 g/mol. The van der Waals surface area contributed by atoms with Crippen molar-refractivity contribution >= 4 is 12.3 Å². The molecule has 1 fully saturated rings. The first-order chi connectivity index (χ1) is 4.67. The van der Waals surface area contributed by atoms with Gasteiger partial charge in [0.05, 0.1) is 7.11 Å². The van der Waals surface area contributed by atoms with Gasteiger partial charge in [0.25, 0.3) is 0 Å². The van der Waals surface area contributed by atoms with E-state index in [9.17, 15) is 9.59 Å². The summed E-state index contributed by atoms with van der Waals surface area (Å²) in [6, 6.07) is 0. The lowest BCUT2D eigenvalue weighted by Gasteiger charge is -2.03. The number of hydrogen-bond donors (Lipinski definition) is 0. The molecule has 3 nitrogen and oxygen atoms in total. The molecule has 0 aromatic carbocycles. The zero-order chi connectivity index (χ0) is 7.78. The molecule has 0 saturated heterocycles. The maximum absolute atomic E-state index is 10.9. The van der Waals surface area contributed by atoms with Crippen molar-refractivity contribution in [1.29, 1.82) is 0 Å². The molecule has 0 bridgehead atoms. The van der Waals surface area contributed by atoms with Crippen molar-refractivity contribution in [3.05, 3.63) is 0 Å². The molecule has 10 heavy (non-hydrogen) atoms. The van der Waals surface area contributed by atoms with Gasteiger partial charge in [-0.3, -0.25) is 4.79 Å². The van der Waals surface area contributed by atoms with E-state index in [4.69, 9.17) is 0 Å². The van der Waals surface area contributed by atoms with Gasteiger partial charge in [0.2, 0.25) is 0 Å². The molecule has 0 aromatic rings. The molecular formula is C7H10O3. The third-order valence-corrected chi connectivity index (χ3v) is 2.14. The standard InChI is InChI=1S/C7H10O3/c1-5-3-7(5,4-8)6(9)10-2/h4-5H,3H2,1-2H3/t5-,7-/m0/s1. The van der Waals surface area contributed by atoms with Gasteiger partial charge in [0, 0.05) is 0 Å². The zero-order valence-corrected chi connectivity index (χ0v) is 6.09. The van der Waals surface area contributed by atoms with Crippen molar-refractivity contribution in [3.8, 4) is 0 Å². The van der Waals surface area contributed by atoms with Gasteiger partial charge in [-0.1, -0.05) is 6.92 Å². The maximum Gasteiger partial charge on any atom is 0.319 e. The summed E-state index contributed by atoms with van der Waals surface area (Å²) in [5.74, 6) is -0.229. The number of hydrogen-bond acceptors (Lipinski definition) is 3. The number of methoxy groups -OCH3 is 1. The third kappa shape index (κ3) is 0.735. The topological polar surface area (TPSA) is 43.4 Å². The fourth-order valence-electron chi connectivity index (χ4n) is 1.13. The lowest BCUT2D eigenvalue weighted by Crippen LogP contribution is -2.20. The van der Waals surface area contributed by atoms with Gasteiger partial charge in [-0.05, 0) is 12.3 Å². The van der Waals surface area contributed by atoms with Crippen molar-refractivity contribution in [2.45, 2.75) is 13.3 Å². The van der Waals surface area contributed by atoms with Crippen LogP contribution in [0.3, 0.4) is 0 Å². The van der Waals surface area contributed by atoms with Gasteiger partial charge >= 0.3 is 5.97 Å². The van der Waals surface area contributed by atoms with E-state index in [-0.39, 0.29) is 5.92 Å². The molecule has 1 aliphatic rings. The number of esters is 1. The van der Waals surface area contributed by atoms with Crippen LogP contribution < -0.4 is 0 Å². The number of aldehydes is 1. The van der Waals surface area contributed by atoms with Crippen LogP contribution in [0.1, 0.15) is 13.3 Å². The molecule has 0 aliphatic heterocycles. The maximum atomic E-state index is 10.9. The van der Waals surface area contributed by atoms with Crippen LogP contribution in [0.25, 0.3) is 0 Å². The predicted octanol–water partition coefficient (Wildman–Crippen LogP) is 0.384. The Bertz CT molecular complexity index is 176. The summed E-state index contributed by atoms with van der Waals surface area (Å²) in [5, 5.41) is 0. The Labute approximate surface area is 59.4 Å². The molecular weight excluding hydrogens is 132 g/mol. The molecule has 1 aliphatic carbocycles. The molecule has 0 aromatic heterocycles. The minimum Gasteiger partial charge on any atom is -0.468 e. The minimum atomic E-state index is -0.783. The summed E-state index contributed by atoms with van der Waals surface area (Å²) in [5.41, 5.74) is -0.783. The smallest absolute Gasteiger partial charge is 0.319 e. The molecule has 3 heteroatoms.